The summed E-state index contributed by atoms with van der Waals surface area (Å²) in [4.78, 5) is 11.0. The van der Waals surface area contributed by atoms with E-state index in [0.29, 0.717) is 18.2 Å². The van der Waals surface area contributed by atoms with Crippen LogP contribution in [-0.4, -0.2) is 25.2 Å². The van der Waals surface area contributed by atoms with Gasteiger partial charge in [-0.15, -0.1) is 0 Å². The summed E-state index contributed by atoms with van der Waals surface area (Å²) in [6, 6.07) is 0. The lowest BCUT2D eigenvalue weighted by atomic mass is 10.2. The van der Waals surface area contributed by atoms with E-state index in [2.05, 4.69) is 11.9 Å². The van der Waals surface area contributed by atoms with Gasteiger partial charge in [-0.05, 0) is 0 Å². The fraction of sp³-hybridized carbons (Fsp3) is 0.571. The number of halogens is 1. The average molecular weight is 176 g/mol. The second-order valence-electron chi connectivity index (χ2n) is 2.38. The Balaban J connectivity index is 2.15. The van der Waals surface area contributed by atoms with Gasteiger partial charge in [0.05, 0.1) is 13.2 Å². The molecule has 3 nitrogen and oxygen atoms in total. The zero-order valence-corrected chi connectivity index (χ0v) is 6.86. The highest BCUT2D eigenvalue weighted by atomic mass is 35.5. The highest BCUT2D eigenvalue weighted by molar-refractivity contribution is 6.29. The van der Waals surface area contributed by atoms with E-state index >= 15 is 0 Å². The van der Waals surface area contributed by atoms with E-state index in [1.165, 1.54) is 0 Å². The highest BCUT2D eigenvalue weighted by Crippen LogP contribution is 2.10. The van der Waals surface area contributed by atoms with E-state index in [0.717, 1.165) is 6.42 Å². The minimum atomic E-state index is -0.258. The van der Waals surface area contributed by atoms with Crippen LogP contribution in [-0.2, 0) is 9.53 Å². The summed E-state index contributed by atoms with van der Waals surface area (Å²) < 4.78 is 4.94. The molecule has 1 heterocycles. The van der Waals surface area contributed by atoms with Crippen molar-refractivity contribution in [1.82, 2.24) is 5.32 Å². The molecule has 0 bridgehead atoms. The van der Waals surface area contributed by atoms with E-state index in [9.17, 15) is 4.79 Å². The van der Waals surface area contributed by atoms with Crippen LogP contribution >= 0.6 is 11.6 Å². The van der Waals surface area contributed by atoms with Crippen LogP contribution in [0.1, 0.15) is 6.42 Å². The van der Waals surface area contributed by atoms with Gasteiger partial charge in [0.15, 0.2) is 0 Å². The Morgan fingerprint density at radius 1 is 1.82 bits per heavy atom. The first-order valence-electron chi connectivity index (χ1n) is 3.43. The first-order valence-corrected chi connectivity index (χ1v) is 3.80. The Hall–Kier alpha value is -0.540. The van der Waals surface area contributed by atoms with Crippen LogP contribution in [0.25, 0.3) is 0 Å². The zero-order chi connectivity index (χ0) is 8.27. The van der Waals surface area contributed by atoms with Gasteiger partial charge < -0.3 is 10.1 Å². The van der Waals surface area contributed by atoms with E-state index in [1.54, 1.807) is 0 Å². The van der Waals surface area contributed by atoms with Crippen molar-refractivity contribution in [2.75, 3.05) is 13.2 Å². The number of hydrogen-bond acceptors (Lipinski definition) is 2. The molecule has 0 aromatic carbocycles. The van der Waals surface area contributed by atoms with Gasteiger partial charge in [0.2, 0.25) is 5.91 Å². The molecule has 1 rings (SSSR count). The molecule has 0 spiro atoms. The summed E-state index contributed by atoms with van der Waals surface area (Å²) in [5.74, 6) is -0.0990. The summed E-state index contributed by atoms with van der Waals surface area (Å²) in [6.07, 6.45) is 0.548. The van der Waals surface area contributed by atoms with Gasteiger partial charge in [-0.3, -0.25) is 4.79 Å². The molecule has 1 amide bonds. The number of carbonyl (C=O) groups excluding carboxylic acids is 1. The van der Waals surface area contributed by atoms with Crippen LogP contribution in [0.15, 0.2) is 11.6 Å². The number of nitrogens with one attached hydrogen (secondary N) is 1. The molecule has 11 heavy (non-hydrogen) atoms. The molecule has 62 valence electrons. The lowest BCUT2D eigenvalue weighted by Crippen LogP contribution is -2.43. The quantitative estimate of drug-likeness (QED) is 0.684. The van der Waals surface area contributed by atoms with Gasteiger partial charge in [0.25, 0.3) is 0 Å². The Morgan fingerprint density at radius 2 is 2.45 bits per heavy atom. The van der Waals surface area contributed by atoms with Gasteiger partial charge in [-0.2, -0.15) is 0 Å². The van der Waals surface area contributed by atoms with Crippen LogP contribution in [0.5, 0.6) is 0 Å². The minimum Gasteiger partial charge on any atom is -0.368 e. The van der Waals surface area contributed by atoms with Gasteiger partial charge in [0.1, 0.15) is 6.10 Å². The van der Waals surface area contributed by atoms with E-state index in [1.807, 2.05) is 0 Å². The van der Waals surface area contributed by atoms with Crippen LogP contribution in [0.2, 0.25) is 0 Å². The number of amides is 1. The zero-order valence-electron chi connectivity index (χ0n) is 6.10. The van der Waals surface area contributed by atoms with E-state index in [-0.39, 0.29) is 12.0 Å². The maximum Gasteiger partial charge on any atom is 0.249 e. The predicted octanol–water partition coefficient (Wildman–Crippen LogP) is 0.644. The third kappa shape index (κ3) is 2.52. The summed E-state index contributed by atoms with van der Waals surface area (Å²) in [5, 5.41) is 3.02. The highest BCUT2D eigenvalue weighted by Gasteiger charge is 2.25. The third-order valence-corrected chi connectivity index (χ3v) is 1.58. The molecule has 1 unspecified atom stereocenters. The molecule has 1 fully saturated rings. The standard InChI is InChI=1S/C7H10ClNO2/c1-5(8)4-9-7(10)6-2-3-11-6/h6H,1-4H2,(H,9,10). The van der Waals surface area contributed by atoms with E-state index < -0.39 is 0 Å². The Morgan fingerprint density at radius 3 is 2.82 bits per heavy atom. The molecule has 0 aliphatic carbocycles. The SMILES string of the molecule is C=C(Cl)CNC(=O)C1CCO1. The van der Waals surface area contributed by atoms with E-state index in [4.69, 9.17) is 16.3 Å². The molecule has 4 heteroatoms. The average Bonchev–Trinajstić information content (AvgIpc) is 1.79. The normalized spacial score (nSPS) is 22.1. The number of hydrogen-bond donors (Lipinski definition) is 1. The molecule has 0 aromatic heterocycles. The fourth-order valence-corrected chi connectivity index (χ4v) is 0.806. The molecule has 1 saturated heterocycles. The fourth-order valence-electron chi connectivity index (χ4n) is 0.739. The molecule has 1 N–H and O–H groups in total. The van der Waals surface area contributed by atoms with Crippen molar-refractivity contribution in [3.05, 3.63) is 11.6 Å². The van der Waals surface area contributed by atoms with Crippen molar-refractivity contribution >= 4 is 17.5 Å². The van der Waals surface area contributed by atoms with Gasteiger partial charge in [-0.1, -0.05) is 18.2 Å². The van der Waals surface area contributed by atoms with Gasteiger partial charge >= 0.3 is 0 Å². The third-order valence-electron chi connectivity index (χ3n) is 1.45. The monoisotopic (exact) mass is 175 g/mol. The maximum absolute atomic E-state index is 11.0. The number of ether oxygens (including phenoxy) is 1. The van der Waals surface area contributed by atoms with Crippen molar-refractivity contribution in [2.24, 2.45) is 0 Å². The number of carbonyl (C=O) groups is 1. The molecule has 0 radical (unpaired) electrons. The van der Waals surface area contributed by atoms with Crippen molar-refractivity contribution in [2.45, 2.75) is 12.5 Å². The first-order chi connectivity index (χ1) is 5.20. The molecule has 1 atom stereocenters. The Kier molecular flexibility index (Phi) is 2.91. The minimum absolute atomic E-state index is 0.0990. The Labute approximate surface area is 70.4 Å². The second kappa shape index (κ2) is 3.74. The lowest BCUT2D eigenvalue weighted by Gasteiger charge is -2.24. The summed E-state index contributed by atoms with van der Waals surface area (Å²) in [5.41, 5.74) is 0. The van der Waals surface area contributed by atoms with Crippen molar-refractivity contribution < 1.29 is 9.53 Å². The molecule has 0 aromatic rings. The van der Waals surface area contributed by atoms with Crippen molar-refractivity contribution in [3.63, 3.8) is 0 Å². The predicted molar refractivity (Wildman–Crippen MR) is 42.4 cm³/mol. The first kappa shape index (κ1) is 8.56. The summed E-state index contributed by atoms with van der Waals surface area (Å²) >= 11 is 5.44. The van der Waals surface area contributed by atoms with Crippen molar-refractivity contribution in [1.29, 1.82) is 0 Å². The topological polar surface area (TPSA) is 38.3 Å². The molecule has 1 aliphatic rings. The molecule has 1 aliphatic heterocycles. The molecular weight excluding hydrogens is 166 g/mol. The molecule has 0 saturated carbocycles. The second-order valence-corrected chi connectivity index (χ2v) is 2.92. The summed E-state index contributed by atoms with van der Waals surface area (Å²) in [7, 11) is 0. The Bertz CT molecular complexity index is 177. The smallest absolute Gasteiger partial charge is 0.249 e. The molecular formula is C7H10ClNO2. The van der Waals surface area contributed by atoms with Crippen LogP contribution in [0, 0.1) is 0 Å². The van der Waals surface area contributed by atoms with Gasteiger partial charge in [0, 0.05) is 11.5 Å². The lowest BCUT2D eigenvalue weighted by molar-refractivity contribution is -0.144. The van der Waals surface area contributed by atoms with Crippen molar-refractivity contribution in [3.8, 4) is 0 Å². The maximum atomic E-state index is 11.0. The van der Waals surface area contributed by atoms with Crippen LogP contribution in [0.4, 0.5) is 0 Å². The largest absolute Gasteiger partial charge is 0.368 e. The van der Waals surface area contributed by atoms with Gasteiger partial charge in [-0.25, -0.2) is 0 Å². The van der Waals surface area contributed by atoms with Crippen LogP contribution in [0.3, 0.4) is 0 Å². The number of rotatable bonds is 3. The summed E-state index contributed by atoms with van der Waals surface area (Å²) in [6.45, 7) is 4.44. The van der Waals surface area contributed by atoms with Crippen LogP contribution < -0.4 is 5.32 Å².